The largest absolute Gasteiger partial charge is 0.484 e. The third-order valence-electron chi connectivity index (χ3n) is 3.92. The lowest BCUT2D eigenvalue weighted by atomic mass is 10.1. The van der Waals surface area contributed by atoms with Crippen LogP contribution in [0.4, 0.5) is 10.5 Å². The first-order valence-electron chi connectivity index (χ1n) is 9.18. The van der Waals surface area contributed by atoms with Crippen molar-refractivity contribution >= 4 is 17.6 Å². The number of ether oxygens (including phenoxy) is 1. The molecular formula is C21H27N3O3. The molecule has 6 nitrogen and oxygen atoms in total. The summed E-state index contributed by atoms with van der Waals surface area (Å²) in [6, 6.07) is 16.9. The van der Waals surface area contributed by atoms with Gasteiger partial charge >= 0.3 is 6.03 Å². The lowest BCUT2D eigenvalue weighted by Gasteiger charge is -2.15. The Hall–Kier alpha value is -3.02. The molecular weight excluding hydrogens is 342 g/mol. The maximum absolute atomic E-state index is 12.2. The molecule has 1 unspecified atom stereocenters. The van der Waals surface area contributed by atoms with Gasteiger partial charge in [0.15, 0.2) is 6.61 Å². The van der Waals surface area contributed by atoms with Crippen molar-refractivity contribution in [1.29, 1.82) is 0 Å². The summed E-state index contributed by atoms with van der Waals surface area (Å²) < 4.78 is 5.43. The van der Waals surface area contributed by atoms with E-state index in [1.807, 2.05) is 32.0 Å². The number of anilines is 1. The molecule has 0 aliphatic carbocycles. The molecule has 2 rings (SSSR count). The van der Waals surface area contributed by atoms with Crippen molar-refractivity contribution in [3.63, 3.8) is 0 Å². The van der Waals surface area contributed by atoms with Gasteiger partial charge in [0.05, 0.1) is 0 Å². The number of hydrogen-bond donors (Lipinski definition) is 3. The fourth-order valence-electron chi connectivity index (χ4n) is 2.55. The molecule has 0 aliphatic rings. The van der Waals surface area contributed by atoms with E-state index in [1.54, 1.807) is 24.3 Å². The number of hydrogen-bond acceptors (Lipinski definition) is 3. The van der Waals surface area contributed by atoms with Crippen molar-refractivity contribution in [3.05, 3.63) is 60.2 Å². The smallest absolute Gasteiger partial charge is 0.319 e. The Bertz CT molecular complexity index is 734. The number of nitrogens with one attached hydrogen (secondary N) is 3. The number of likely N-dealkylation sites (N-methyl/N-ethyl adjacent to an activating group) is 1. The van der Waals surface area contributed by atoms with E-state index >= 15 is 0 Å². The summed E-state index contributed by atoms with van der Waals surface area (Å²) in [4.78, 5) is 23.6. The fraction of sp³-hybridized carbons (Fsp3) is 0.333. The Kier molecular flexibility index (Phi) is 8.16. The third kappa shape index (κ3) is 7.81. The van der Waals surface area contributed by atoms with Crippen molar-refractivity contribution in [3.8, 4) is 5.75 Å². The number of amides is 3. The molecule has 3 N–H and O–H groups in total. The Morgan fingerprint density at radius 2 is 1.85 bits per heavy atom. The average Bonchev–Trinajstić information content (AvgIpc) is 2.66. The number of urea groups is 1. The lowest BCUT2D eigenvalue weighted by Crippen LogP contribution is -2.36. The predicted octanol–water partition coefficient (Wildman–Crippen LogP) is 3.34. The predicted molar refractivity (Wildman–Crippen MR) is 107 cm³/mol. The maximum atomic E-state index is 12.2. The van der Waals surface area contributed by atoms with E-state index in [9.17, 15) is 9.59 Å². The zero-order valence-corrected chi connectivity index (χ0v) is 15.8. The van der Waals surface area contributed by atoms with Crippen LogP contribution in [0.15, 0.2) is 54.6 Å². The molecule has 6 heteroatoms. The molecule has 0 radical (unpaired) electrons. The van der Waals surface area contributed by atoms with Crippen LogP contribution in [-0.2, 0) is 11.2 Å². The molecule has 2 aromatic rings. The maximum Gasteiger partial charge on any atom is 0.319 e. The second-order valence-electron chi connectivity index (χ2n) is 6.29. The first kappa shape index (κ1) is 20.3. The summed E-state index contributed by atoms with van der Waals surface area (Å²) >= 11 is 0. The van der Waals surface area contributed by atoms with Crippen LogP contribution in [0, 0.1) is 0 Å². The first-order chi connectivity index (χ1) is 13.1. The molecule has 0 heterocycles. The zero-order chi connectivity index (χ0) is 19.5. The molecule has 0 saturated carbocycles. The molecule has 0 spiro atoms. The molecule has 0 aromatic heterocycles. The fourth-order valence-corrected chi connectivity index (χ4v) is 2.55. The molecule has 0 fully saturated rings. The van der Waals surface area contributed by atoms with Crippen molar-refractivity contribution in [2.24, 2.45) is 0 Å². The standard InChI is InChI=1S/C21H27N3O3/c1-3-22-20(25)15-27-19-11-7-10-18(14-19)24-21(26)23-16(2)12-13-17-8-5-4-6-9-17/h4-11,14,16H,3,12-13,15H2,1-2H3,(H,22,25)(H2,23,24,26). The van der Waals surface area contributed by atoms with Gasteiger partial charge in [-0.2, -0.15) is 0 Å². The molecule has 2 aromatic carbocycles. The summed E-state index contributed by atoms with van der Waals surface area (Å²) in [6.07, 6.45) is 1.76. The highest BCUT2D eigenvalue weighted by atomic mass is 16.5. The van der Waals surface area contributed by atoms with Crippen LogP contribution in [0.5, 0.6) is 5.75 Å². The van der Waals surface area contributed by atoms with Crippen molar-refractivity contribution in [2.75, 3.05) is 18.5 Å². The third-order valence-corrected chi connectivity index (χ3v) is 3.92. The van der Waals surface area contributed by atoms with E-state index in [1.165, 1.54) is 5.56 Å². The minimum absolute atomic E-state index is 0.0439. The summed E-state index contributed by atoms with van der Waals surface area (Å²) in [5.41, 5.74) is 1.86. The summed E-state index contributed by atoms with van der Waals surface area (Å²) in [5.74, 6) is 0.344. The molecule has 0 bridgehead atoms. The van der Waals surface area contributed by atoms with E-state index in [2.05, 4.69) is 28.1 Å². The molecule has 27 heavy (non-hydrogen) atoms. The van der Waals surface area contributed by atoms with Crippen LogP contribution in [0.1, 0.15) is 25.8 Å². The second kappa shape index (κ2) is 10.9. The SMILES string of the molecule is CCNC(=O)COc1cccc(NC(=O)NC(C)CCc2ccccc2)c1. The van der Waals surface area contributed by atoms with Crippen LogP contribution in [0.3, 0.4) is 0 Å². The molecule has 1 atom stereocenters. The van der Waals surface area contributed by atoms with E-state index < -0.39 is 0 Å². The number of carbonyl (C=O) groups is 2. The average molecular weight is 369 g/mol. The minimum Gasteiger partial charge on any atom is -0.484 e. The zero-order valence-electron chi connectivity index (χ0n) is 15.8. The topological polar surface area (TPSA) is 79.5 Å². The molecule has 3 amide bonds. The van der Waals surface area contributed by atoms with Crippen molar-refractivity contribution in [1.82, 2.24) is 10.6 Å². The van der Waals surface area contributed by atoms with E-state index in [0.717, 1.165) is 12.8 Å². The van der Waals surface area contributed by atoms with Crippen LogP contribution < -0.4 is 20.7 Å². The molecule has 0 saturated heterocycles. The molecule has 0 aliphatic heterocycles. The summed E-state index contributed by atoms with van der Waals surface area (Å²) in [7, 11) is 0. The summed E-state index contributed by atoms with van der Waals surface area (Å²) in [5, 5.41) is 8.39. The van der Waals surface area contributed by atoms with Gasteiger partial charge in [-0.25, -0.2) is 4.79 Å². The van der Waals surface area contributed by atoms with E-state index in [0.29, 0.717) is 18.0 Å². The van der Waals surface area contributed by atoms with Gasteiger partial charge in [0.1, 0.15) is 5.75 Å². The van der Waals surface area contributed by atoms with Gasteiger partial charge in [-0.05, 0) is 44.4 Å². The van der Waals surface area contributed by atoms with Crippen molar-refractivity contribution in [2.45, 2.75) is 32.7 Å². The van der Waals surface area contributed by atoms with Gasteiger partial charge < -0.3 is 20.7 Å². The highest BCUT2D eigenvalue weighted by molar-refractivity contribution is 5.89. The number of carbonyl (C=O) groups excluding carboxylic acids is 2. The Morgan fingerprint density at radius 3 is 2.59 bits per heavy atom. The van der Waals surface area contributed by atoms with Gasteiger partial charge in [0, 0.05) is 24.3 Å². The van der Waals surface area contributed by atoms with Gasteiger partial charge in [0.25, 0.3) is 5.91 Å². The van der Waals surface area contributed by atoms with Gasteiger partial charge in [0.2, 0.25) is 0 Å². The first-order valence-corrected chi connectivity index (χ1v) is 9.18. The second-order valence-corrected chi connectivity index (χ2v) is 6.29. The lowest BCUT2D eigenvalue weighted by molar-refractivity contribution is -0.122. The van der Waals surface area contributed by atoms with Gasteiger partial charge in [-0.1, -0.05) is 36.4 Å². The van der Waals surface area contributed by atoms with E-state index in [-0.39, 0.29) is 24.6 Å². The van der Waals surface area contributed by atoms with Crippen LogP contribution in [0.25, 0.3) is 0 Å². The Morgan fingerprint density at radius 1 is 1.07 bits per heavy atom. The number of benzene rings is 2. The normalized spacial score (nSPS) is 11.3. The van der Waals surface area contributed by atoms with Crippen LogP contribution in [0.2, 0.25) is 0 Å². The van der Waals surface area contributed by atoms with Gasteiger partial charge in [-0.3, -0.25) is 4.79 Å². The minimum atomic E-state index is -0.267. The molecule has 144 valence electrons. The Labute approximate surface area is 160 Å². The van der Waals surface area contributed by atoms with Gasteiger partial charge in [-0.15, -0.1) is 0 Å². The summed E-state index contributed by atoms with van der Waals surface area (Å²) in [6.45, 7) is 4.34. The Balaban J connectivity index is 1.77. The van der Waals surface area contributed by atoms with Crippen LogP contribution in [-0.4, -0.2) is 31.1 Å². The van der Waals surface area contributed by atoms with Crippen LogP contribution >= 0.6 is 0 Å². The monoisotopic (exact) mass is 369 g/mol. The number of aryl methyl sites for hydroxylation is 1. The highest BCUT2D eigenvalue weighted by Crippen LogP contribution is 2.17. The van der Waals surface area contributed by atoms with Crippen molar-refractivity contribution < 1.29 is 14.3 Å². The van der Waals surface area contributed by atoms with E-state index in [4.69, 9.17) is 4.74 Å². The number of rotatable bonds is 9. The quantitative estimate of drug-likeness (QED) is 0.634. The highest BCUT2D eigenvalue weighted by Gasteiger charge is 2.09.